The third kappa shape index (κ3) is 10.1. The van der Waals surface area contributed by atoms with Gasteiger partial charge in [0, 0.05) is 11.5 Å². The summed E-state index contributed by atoms with van der Waals surface area (Å²) < 4.78 is 61.6. The number of carbonyl (C=O) groups excluding carboxylic acids is 2. The van der Waals surface area contributed by atoms with Gasteiger partial charge in [-0.05, 0) is 0 Å². The molecule has 2 aromatic rings. The van der Waals surface area contributed by atoms with Crippen molar-refractivity contribution < 1.29 is 57.0 Å². The number of nitrogens with one attached hydrogen (secondary N) is 2. The van der Waals surface area contributed by atoms with Crippen molar-refractivity contribution in [1.82, 2.24) is 19.1 Å². The van der Waals surface area contributed by atoms with Gasteiger partial charge in [0.25, 0.3) is 0 Å². The van der Waals surface area contributed by atoms with Gasteiger partial charge in [0.15, 0.2) is 23.3 Å². The maximum atomic E-state index is 14.4. The minimum Gasteiger partial charge on any atom is -0.447 e. The van der Waals surface area contributed by atoms with Crippen molar-refractivity contribution in [3.8, 4) is 0 Å². The van der Waals surface area contributed by atoms with Gasteiger partial charge in [0.2, 0.25) is 0 Å². The molecular weight excluding hydrogens is 666 g/mol. The van der Waals surface area contributed by atoms with Crippen LogP contribution in [0.25, 0.3) is 0 Å². The minimum absolute atomic E-state index is 0.0407. The second-order valence-electron chi connectivity index (χ2n) is 9.07. The maximum Gasteiger partial charge on any atom is 0.412 e. The largest absolute Gasteiger partial charge is 0.447 e. The molecule has 0 spiro atoms. The van der Waals surface area contributed by atoms with E-state index in [0.717, 1.165) is 21.5 Å². The van der Waals surface area contributed by atoms with E-state index >= 15 is 0 Å². The van der Waals surface area contributed by atoms with Crippen LogP contribution in [0.5, 0.6) is 0 Å². The molecule has 2 aliphatic heterocycles. The Morgan fingerprint density at radius 3 is 1.54 bits per heavy atom. The quantitative estimate of drug-likeness (QED) is 0.181. The highest BCUT2D eigenvalue weighted by atomic mass is 32.2. The predicted octanol–water partition coefficient (Wildman–Crippen LogP) is 0.0694. The molecule has 0 aromatic carbocycles. The zero-order valence-electron chi connectivity index (χ0n) is 23.9. The Morgan fingerprint density at radius 1 is 0.783 bits per heavy atom. The Bertz CT molecular complexity index is 1360. The molecule has 22 heteroatoms. The van der Waals surface area contributed by atoms with E-state index < -0.39 is 70.2 Å². The summed E-state index contributed by atoms with van der Waals surface area (Å²) in [6.45, 7) is -0.874. The standard InChI is InChI=1S/C24H30F2N6O12S2/c25-13-7-31(15-11-45-17(9-33)43-15)21(35)27-19(13)29-23(37)41-5-3-39-1-2-40-4-6-42-24(38)30-20-14(26)8-32(22(36)28-20)16-12-46-18(10-34)44-16/h7-8,15-18,33-34H,1-6,9-12H2,(H,27,29,35,37)(H,28,30,36,38)/t15-,16-,17+,18+/m0/s1. The van der Waals surface area contributed by atoms with Crippen LogP contribution in [0.15, 0.2) is 22.0 Å². The molecule has 2 saturated heterocycles. The molecule has 0 aliphatic carbocycles. The molecule has 18 nitrogen and oxygen atoms in total. The number of aliphatic hydroxyl groups is 2. The summed E-state index contributed by atoms with van der Waals surface area (Å²) in [6, 6.07) is 0. The molecule has 2 aromatic heterocycles. The third-order valence-corrected chi connectivity index (χ3v) is 8.15. The van der Waals surface area contributed by atoms with Crippen molar-refractivity contribution in [2.75, 3.05) is 75.0 Å². The lowest BCUT2D eigenvalue weighted by molar-refractivity contribution is -0.00682. The molecule has 4 N–H and O–H groups in total. The average Bonchev–Trinajstić information content (AvgIpc) is 3.71. The molecule has 254 valence electrons. The first-order chi connectivity index (χ1) is 22.2. The number of halogens is 2. The number of ether oxygens (including phenoxy) is 6. The van der Waals surface area contributed by atoms with Crippen molar-refractivity contribution in [3.63, 3.8) is 0 Å². The lowest BCUT2D eigenvalue weighted by atomic mass is 10.5. The molecule has 0 radical (unpaired) electrons. The van der Waals surface area contributed by atoms with E-state index in [2.05, 4.69) is 9.97 Å². The summed E-state index contributed by atoms with van der Waals surface area (Å²) >= 11 is 2.52. The average molecular weight is 697 g/mol. The lowest BCUT2D eigenvalue weighted by Gasteiger charge is -2.14. The van der Waals surface area contributed by atoms with Crippen molar-refractivity contribution in [1.29, 1.82) is 0 Å². The molecule has 0 unspecified atom stereocenters. The first-order valence-corrected chi connectivity index (χ1v) is 15.6. The second kappa shape index (κ2) is 17.5. The maximum absolute atomic E-state index is 14.4. The SMILES string of the molecule is O=C(Nc1nc(=O)n([C@@H]2CS[C@H](CO)O2)cc1F)OCCOCCOCCOC(=O)Nc1nc(=O)n([C@@H]2CS[C@H](CO)O2)cc1F. The Balaban J connectivity index is 1.04. The zero-order valence-corrected chi connectivity index (χ0v) is 25.5. The second-order valence-corrected chi connectivity index (χ2v) is 11.5. The van der Waals surface area contributed by atoms with Gasteiger partial charge in [0.1, 0.15) is 36.5 Å². The lowest BCUT2D eigenvalue weighted by Crippen LogP contribution is -2.31. The molecule has 0 bridgehead atoms. The Morgan fingerprint density at radius 2 is 1.17 bits per heavy atom. The summed E-state index contributed by atoms with van der Waals surface area (Å²) in [5.41, 5.74) is -2.80. The fourth-order valence-electron chi connectivity index (χ4n) is 3.82. The molecule has 2 fully saturated rings. The first-order valence-electron chi connectivity index (χ1n) is 13.5. The summed E-state index contributed by atoms with van der Waals surface area (Å²) in [5, 5.41) is 22.3. The van der Waals surface area contributed by atoms with Gasteiger partial charge in [-0.1, -0.05) is 0 Å². The number of thioether (sulfide) groups is 2. The number of amides is 2. The van der Waals surface area contributed by atoms with E-state index in [9.17, 15) is 28.0 Å². The van der Waals surface area contributed by atoms with Gasteiger partial charge >= 0.3 is 23.6 Å². The number of rotatable bonds is 15. The third-order valence-electron chi connectivity index (χ3n) is 5.93. The number of aromatic nitrogens is 4. The molecule has 4 atom stereocenters. The topological polar surface area (TPSA) is 224 Å². The number of hydrogen-bond donors (Lipinski definition) is 4. The van der Waals surface area contributed by atoms with Gasteiger partial charge < -0.3 is 38.6 Å². The highest BCUT2D eigenvalue weighted by Crippen LogP contribution is 2.31. The van der Waals surface area contributed by atoms with E-state index in [0.29, 0.717) is 11.5 Å². The molecule has 2 amide bonds. The number of anilines is 2. The summed E-state index contributed by atoms with van der Waals surface area (Å²) in [7, 11) is 0. The van der Waals surface area contributed by atoms with Gasteiger partial charge in [-0.2, -0.15) is 9.97 Å². The van der Waals surface area contributed by atoms with E-state index in [1.807, 2.05) is 10.6 Å². The first kappa shape index (κ1) is 35.5. The highest BCUT2D eigenvalue weighted by Gasteiger charge is 2.29. The van der Waals surface area contributed by atoms with Gasteiger partial charge in [0.05, 0.1) is 52.0 Å². The van der Waals surface area contributed by atoms with Crippen LogP contribution < -0.4 is 22.0 Å². The van der Waals surface area contributed by atoms with Gasteiger partial charge in [-0.15, -0.1) is 23.5 Å². The molecule has 0 saturated carbocycles. The van der Waals surface area contributed by atoms with Crippen LogP contribution >= 0.6 is 23.5 Å². The van der Waals surface area contributed by atoms with E-state index in [4.69, 9.17) is 38.6 Å². The van der Waals surface area contributed by atoms with E-state index in [-0.39, 0.29) is 52.9 Å². The molecular formula is C24H30F2N6O12S2. The van der Waals surface area contributed by atoms with E-state index in [1.54, 1.807) is 0 Å². The van der Waals surface area contributed by atoms with Crippen LogP contribution in [0, 0.1) is 11.6 Å². The minimum atomic E-state index is -1.07. The van der Waals surface area contributed by atoms with Crippen LogP contribution in [0.1, 0.15) is 12.5 Å². The summed E-state index contributed by atoms with van der Waals surface area (Å²) in [6.07, 6.45) is -2.07. The number of aliphatic hydroxyl groups excluding tert-OH is 2. The van der Waals surface area contributed by atoms with E-state index in [1.165, 1.54) is 23.5 Å². The van der Waals surface area contributed by atoms with Crippen molar-refractivity contribution in [3.05, 3.63) is 45.0 Å². The van der Waals surface area contributed by atoms with Crippen LogP contribution in [-0.4, -0.2) is 117 Å². The van der Waals surface area contributed by atoms with Crippen LogP contribution in [0.2, 0.25) is 0 Å². The Labute approximate surface area is 266 Å². The summed E-state index contributed by atoms with van der Waals surface area (Å²) in [5.74, 6) is -2.62. The summed E-state index contributed by atoms with van der Waals surface area (Å²) in [4.78, 5) is 55.3. The predicted molar refractivity (Wildman–Crippen MR) is 155 cm³/mol. The normalized spacial score (nSPS) is 20.9. The van der Waals surface area contributed by atoms with Crippen molar-refractivity contribution in [2.24, 2.45) is 0 Å². The molecule has 4 heterocycles. The molecule has 46 heavy (non-hydrogen) atoms. The van der Waals surface area contributed by atoms with Gasteiger partial charge in [-0.25, -0.2) is 28.0 Å². The number of carbonyl (C=O) groups is 2. The highest BCUT2D eigenvalue weighted by molar-refractivity contribution is 8.00. The Kier molecular flexibility index (Phi) is 13.5. The van der Waals surface area contributed by atoms with Gasteiger partial charge in [-0.3, -0.25) is 19.8 Å². The van der Waals surface area contributed by atoms with Crippen molar-refractivity contribution >= 4 is 47.3 Å². The van der Waals surface area contributed by atoms with Crippen LogP contribution in [0.3, 0.4) is 0 Å². The smallest absolute Gasteiger partial charge is 0.412 e. The Hall–Kier alpha value is -3.38. The number of hydrogen-bond acceptors (Lipinski definition) is 16. The fourth-order valence-corrected chi connectivity index (χ4v) is 5.68. The van der Waals surface area contributed by atoms with Crippen molar-refractivity contribution in [2.45, 2.75) is 23.3 Å². The van der Waals surface area contributed by atoms with Crippen LogP contribution in [-0.2, 0) is 28.4 Å². The fraction of sp³-hybridized carbons (Fsp3) is 0.583. The van der Waals surface area contributed by atoms with Crippen LogP contribution in [0.4, 0.5) is 30.0 Å². The molecule has 4 rings (SSSR count). The molecule has 2 aliphatic rings. The zero-order chi connectivity index (χ0) is 33.1. The monoisotopic (exact) mass is 696 g/mol. The number of nitrogens with zero attached hydrogens (tertiary/aromatic N) is 4.